The molecule has 0 radical (unpaired) electrons. The summed E-state index contributed by atoms with van der Waals surface area (Å²) in [4.78, 5) is 17.2. The minimum absolute atomic E-state index is 0.0738. The van der Waals surface area contributed by atoms with E-state index in [1.54, 1.807) is 30.2 Å². The van der Waals surface area contributed by atoms with Gasteiger partial charge in [-0.05, 0) is 59.3 Å². The Morgan fingerprint density at radius 2 is 1.72 bits per heavy atom. The average Bonchev–Trinajstić information content (AvgIpc) is 3.36. The topological polar surface area (TPSA) is 72.1 Å². The van der Waals surface area contributed by atoms with Crippen LogP contribution in [0.3, 0.4) is 0 Å². The summed E-state index contributed by atoms with van der Waals surface area (Å²) in [5.41, 5.74) is 5.48. The molecule has 0 saturated heterocycles. The van der Waals surface area contributed by atoms with E-state index in [0.29, 0.717) is 17.2 Å². The Bertz CT molecular complexity index is 1680. The van der Waals surface area contributed by atoms with Gasteiger partial charge in [0.25, 0.3) is 5.56 Å². The molecule has 0 aliphatic rings. The highest BCUT2D eigenvalue weighted by Crippen LogP contribution is 2.39. The van der Waals surface area contributed by atoms with Crippen LogP contribution in [0.2, 0.25) is 0 Å². The second kappa shape index (κ2) is 10.6. The molecule has 5 aromatic rings. The molecule has 200 valence electrons. The molecule has 6 heteroatoms. The predicted molar refractivity (Wildman–Crippen MR) is 158 cm³/mol. The molecule has 39 heavy (non-hydrogen) atoms. The zero-order valence-electron chi connectivity index (χ0n) is 23.3. The first-order valence-corrected chi connectivity index (χ1v) is 13.4. The van der Waals surface area contributed by atoms with Gasteiger partial charge in [-0.15, -0.1) is 0 Å². The molecule has 5 rings (SSSR count). The molecular formula is C33H36N4O2. The quantitative estimate of drug-likeness (QED) is 0.292. The Morgan fingerprint density at radius 3 is 2.38 bits per heavy atom. The number of aryl methyl sites for hydroxylation is 3. The Kier molecular flexibility index (Phi) is 7.25. The molecule has 0 saturated carbocycles. The van der Waals surface area contributed by atoms with Crippen LogP contribution in [-0.2, 0) is 26.2 Å². The van der Waals surface area contributed by atoms with Gasteiger partial charge in [-0.2, -0.15) is 0 Å². The van der Waals surface area contributed by atoms with E-state index < -0.39 is 5.60 Å². The molecule has 0 aliphatic carbocycles. The van der Waals surface area contributed by atoms with Gasteiger partial charge in [0, 0.05) is 32.1 Å². The van der Waals surface area contributed by atoms with Crippen molar-refractivity contribution < 1.29 is 5.11 Å². The van der Waals surface area contributed by atoms with Gasteiger partial charge in [0.05, 0.1) is 23.7 Å². The second-order valence-corrected chi connectivity index (χ2v) is 10.9. The summed E-state index contributed by atoms with van der Waals surface area (Å²) in [7, 11) is 3.67. The van der Waals surface area contributed by atoms with Crippen LogP contribution >= 0.6 is 0 Å². The number of hydrogen-bond acceptors (Lipinski definition) is 4. The summed E-state index contributed by atoms with van der Waals surface area (Å²) in [6, 6.07) is 23.8. The lowest BCUT2D eigenvalue weighted by Crippen LogP contribution is -2.31. The number of rotatable bonds is 8. The number of aromatic nitrogens is 3. The Labute approximate surface area is 229 Å². The largest absolute Gasteiger partial charge is 0.374 e. The number of nitrogens with one attached hydrogen (secondary N) is 1. The van der Waals surface area contributed by atoms with E-state index in [2.05, 4.69) is 42.3 Å². The van der Waals surface area contributed by atoms with Crippen molar-refractivity contribution in [1.82, 2.24) is 19.4 Å². The van der Waals surface area contributed by atoms with Crippen LogP contribution in [0.15, 0.2) is 90.1 Å². The highest BCUT2D eigenvalue weighted by Gasteiger charge is 2.37. The van der Waals surface area contributed by atoms with Gasteiger partial charge < -0.3 is 19.6 Å². The van der Waals surface area contributed by atoms with Gasteiger partial charge in [0.1, 0.15) is 0 Å². The summed E-state index contributed by atoms with van der Waals surface area (Å²) >= 11 is 0. The molecule has 2 N–H and O–H groups in total. The SMILES string of the molecule is Cc1cccc(-c2cc(=O)n(C)c3ccc(C(O)(c4ccc(CNCC(C)C)cc4)c4cncn4C)cc23)c1. The van der Waals surface area contributed by atoms with E-state index in [9.17, 15) is 9.90 Å². The minimum atomic E-state index is -1.46. The van der Waals surface area contributed by atoms with Crippen LogP contribution < -0.4 is 10.9 Å². The Hall–Kier alpha value is -4.00. The lowest BCUT2D eigenvalue weighted by molar-refractivity contribution is 0.117. The summed E-state index contributed by atoms with van der Waals surface area (Å²) in [5, 5.41) is 17.0. The van der Waals surface area contributed by atoms with E-state index in [1.807, 2.05) is 67.1 Å². The first-order chi connectivity index (χ1) is 18.7. The number of nitrogens with zero attached hydrogens (tertiary/aromatic N) is 3. The fraction of sp³-hybridized carbons (Fsp3) is 0.273. The van der Waals surface area contributed by atoms with E-state index in [1.165, 1.54) is 0 Å². The number of pyridine rings is 1. The van der Waals surface area contributed by atoms with E-state index >= 15 is 0 Å². The second-order valence-electron chi connectivity index (χ2n) is 10.9. The summed E-state index contributed by atoms with van der Waals surface area (Å²) in [6.45, 7) is 8.14. The normalized spacial score (nSPS) is 13.2. The summed E-state index contributed by atoms with van der Waals surface area (Å²) in [6.07, 6.45) is 3.41. The van der Waals surface area contributed by atoms with Crippen LogP contribution in [0.25, 0.3) is 22.0 Å². The molecule has 0 fully saturated rings. The molecule has 0 spiro atoms. The smallest absolute Gasteiger partial charge is 0.251 e. The average molecular weight is 521 g/mol. The monoisotopic (exact) mass is 520 g/mol. The molecule has 0 bridgehead atoms. The highest BCUT2D eigenvalue weighted by atomic mass is 16.3. The zero-order chi connectivity index (χ0) is 27.7. The van der Waals surface area contributed by atoms with Crippen molar-refractivity contribution in [3.8, 4) is 11.1 Å². The number of hydrogen-bond donors (Lipinski definition) is 2. The molecule has 6 nitrogen and oxygen atoms in total. The fourth-order valence-electron chi connectivity index (χ4n) is 5.27. The van der Waals surface area contributed by atoms with Crippen molar-refractivity contribution >= 4 is 10.9 Å². The predicted octanol–water partition coefficient (Wildman–Crippen LogP) is 5.28. The molecule has 3 aromatic carbocycles. The molecular weight excluding hydrogens is 484 g/mol. The van der Waals surface area contributed by atoms with Gasteiger partial charge in [-0.25, -0.2) is 4.98 Å². The highest BCUT2D eigenvalue weighted by molar-refractivity contribution is 5.95. The number of fused-ring (bicyclic) bond motifs is 1. The van der Waals surface area contributed by atoms with Gasteiger partial charge in [0.15, 0.2) is 5.60 Å². The number of imidazole rings is 1. The van der Waals surface area contributed by atoms with Crippen molar-refractivity contribution in [2.75, 3.05) is 6.54 Å². The third-order valence-electron chi connectivity index (χ3n) is 7.43. The molecule has 0 amide bonds. The van der Waals surface area contributed by atoms with Crippen molar-refractivity contribution in [1.29, 1.82) is 0 Å². The van der Waals surface area contributed by atoms with E-state index in [-0.39, 0.29) is 5.56 Å². The number of aliphatic hydroxyl groups is 1. The molecule has 0 aliphatic heterocycles. The van der Waals surface area contributed by atoms with Crippen molar-refractivity contribution in [2.45, 2.75) is 32.9 Å². The van der Waals surface area contributed by atoms with Gasteiger partial charge in [-0.1, -0.05) is 74.0 Å². The van der Waals surface area contributed by atoms with Gasteiger partial charge >= 0.3 is 0 Å². The zero-order valence-corrected chi connectivity index (χ0v) is 23.3. The molecule has 2 heterocycles. The lowest BCUT2D eigenvalue weighted by atomic mass is 9.82. The van der Waals surface area contributed by atoms with Crippen LogP contribution in [0, 0.1) is 12.8 Å². The lowest BCUT2D eigenvalue weighted by Gasteiger charge is -2.30. The van der Waals surface area contributed by atoms with Crippen molar-refractivity contribution in [3.63, 3.8) is 0 Å². The first-order valence-electron chi connectivity index (χ1n) is 13.4. The van der Waals surface area contributed by atoms with Crippen LogP contribution in [-0.4, -0.2) is 25.8 Å². The Balaban J connectivity index is 1.68. The summed E-state index contributed by atoms with van der Waals surface area (Å²) in [5.74, 6) is 0.580. The standard InChI is InChI=1S/C33H36N4O2/c1-22(2)18-34-19-24-9-11-26(12-10-24)33(39,31-20-35-21-36(31)4)27-13-14-30-29(16-27)28(17-32(38)37(30)5)25-8-6-7-23(3)15-25/h6-17,20-22,34,39H,18-19H2,1-5H3. The molecule has 1 unspecified atom stereocenters. The maximum absolute atomic E-state index is 12.9. The molecule has 1 atom stereocenters. The van der Waals surface area contributed by atoms with Crippen molar-refractivity contribution in [3.05, 3.63) is 124 Å². The maximum atomic E-state index is 12.9. The van der Waals surface area contributed by atoms with Gasteiger partial charge in [0.2, 0.25) is 0 Å². The third kappa shape index (κ3) is 5.05. The van der Waals surface area contributed by atoms with E-state index in [4.69, 9.17) is 0 Å². The maximum Gasteiger partial charge on any atom is 0.251 e. The van der Waals surface area contributed by atoms with Gasteiger partial charge in [-0.3, -0.25) is 4.79 Å². The van der Waals surface area contributed by atoms with E-state index in [0.717, 1.165) is 51.8 Å². The first kappa shape index (κ1) is 26.6. The fourth-order valence-corrected chi connectivity index (χ4v) is 5.27. The van der Waals surface area contributed by atoms with Crippen LogP contribution in [0.5, 0.6) is 0 Å². The third-order valence-corrected chi connectivity index (χ3v) is 7.43. The summed E-state index contributed by atoms with van der Waals surface area (Å²) < 4.78 is 3.50. The van der Waals surface area contributed by atoms with Crippen LogP contribution in [0.1, 0.15) is 41.8 Å². The van der Waals surface area contributed by atoms with Crippen LogP contribution in [0.4, 0.5) is 0 Å². The Morgan fingerprint density at radius 1 is 0.974 bits per heavy atom. The van der Waals surface area contributed by atoms with Crippen molar-refractivity contribution in [2.24, 2.45) is 20.0 Å². The molecule has 2 aromatic heterocycles. The number of benzene rings is 3. The minimum Gasteiger partial charge on any atom is -0.374 e.